The van der Waals surface area contributed by atoms with Crippen molar-refractivity contribution in [3.05, 3.63) is 0 Å². The molecule has 0 fully saturated rings. The summed E-state index contributed by atoms with van der Waals surface area (Å²) in [7, 11) is 5.57. The van der Waals surface area contributed by atoms with Crippen LogP contribution in [0.25, 0.3) is 0 Å². The number of ketones is 1. The van der Waals surface area contributed by atoms with Crippen molar-refractivity contribution in [3.63, 3.8) is 0 Å². The zero-order valence-electron chi connectivity index (χ0n) is 17.9. The molecule has 0 aromatic rings. The van der Waals surface area contributed by atoms with Gasteiger partial charge in [-0.15, -0.1) is 0 Å². The Morgan fingerprint density at radius 1 is 0.889 bits per heavy atom. The molecule has 8 heteroatoms. The minimum absolute atomic E-state index is 0.00885. The van der Waals surface area contributed by atoms with Crippen LogP contribution in [0.3, 0.4) is 0 Å². The first kappa shape index (κ1) is 25.9. The van der Waals surface area contributed by atoms with E-state index in [2.05, 4.69) is 26.6 Å². The summed E-state index contributed by atoms with van der Waals surface area (Å²) in [6.45, 7) is 6.59. The fraction of sp³-hybridized carbons (Fsp3) is 0.895. The molecule has 0 spiro atoms. The highest BCUT2D eigenvalue weighted by Gasteiger charge is 2.34. The first-order valence-electron chi connectivity index (χ1n) is 10.1. The maximum absolute atomic E-state index is 13.0. The van der Waals surface area contributed by atoms with Gasteiger partial charge >= 0.3 is 0 Å². The largest absolute Gasteiger partial charge is 0.345 e. The van der Waals surface area contributed by atoms with Gasteiger partial charge in [-0.25, -0.2) is 0 Å². The third-order valence-corrected chi connectivity index (χ3v) is 4.72. The summed E-state index contributed by atoms with van der Waals surface area (Å²) in [5, 5.41) is 15.5. The fourth-order valence-corrected chi connectivity index (χ4v) is 2.94. The Balaban J connectivity index is 4.89. The average molecular weight is 387 g/mol. The molecular formula is C19H42N6O2. The van der Waals surface area contributed by atoms with E-state index >= 15 is 0 Å². The Morgan fingerprint density at radius 2 is 1.52 bits per heavy atom. The molecule has 0 heterocycles. The smallest absolute Gasteiger partial charge is 0.237 e. The average Bonchev–Trinajstić information content (AvgIpc) is 2.64. The molecule has 0 rings (SSSR count). The van der Waals surface area contributed by atoms with Gasteiger partial charge in [-0.2, -0.15) is 0 Å². The lowest BCUT2D eigenvalue weighted by Crippen LogP contribution is -2.58. The number of rotatable bonds is 17. The zero-order chi connectivity index (χ0) is 20.7. The quantitative estimate of drug-likeness (QED) is 0.184. The van der Waals surface area contributed by atoms with Gasteiger partial charge in [0, 0.05) is 13.1 Å². The van der Waals surface area contributed by atoms with Gasteiger partial charge in [0.15, 0.2) is 5.78 Å². The van der Waals surface area contributed by atoms with E-state index in [0.29, 0.717) is 25.9 Å². The molecule has 2 atom stereocenters. The molecule has 7 N–H and O–H groups in total. The number of likely N-dealkylation sites (N-methyl/N-ethyl adjacent to an activating group) is 2. The van der Waals surface area contributed by atoms with E-state index in [0.717, 1.165) is 32.4 Å². The normalized spacial score (nSPS) is 14.0. The van der Waals surface area contributed by atoms with E-state index in [-0.39, 0.29) is 17.7 Å². The molecule has 0 saturated carbocycles. The SMILES string of the molecule is CNCCCC[C@H](NC)C(=O)NC(CCCN)C(=O)C(C)(C)NCCNC. The number of carbonyl (C=O) groups excluding carboxylic acids is 2. The first-order valence-corrected chi connectivity index (χ1v) is 10.1. The maximum atomic E-state index is 13.0. The Hall–Kier alpha value is -1.06. The second-order valence-electron chi connectivity index (χ2n) is 7.45. The van der Waals surface area contributed by atoms with Crippen LogP contribution in [-0.2, 0) is 9.59 Å². The number of nitrogens with two attached hydrogens (primary N) is 1. The van der Waals surface area contributed by atoms with Crippen LogP contribution in [0.5, 0.6) is 0 Å². The van der Waals surface area contributed by atoms with Crippen LogP contribution in [0.4, 0.5) is 0 Å². The molecule has 0 aliphatic rings. The Morgan fingerprint density at radius 3 is 2.07 bits per heavy atom. The molecule has 8 nitrogen and oxygen atoms in total. The minimum atomic E-state index is -0.717. The lowest BCUT2D eigenvalue weighted by atomic mass is 9.90. The van der Waals surface area contributed by atoms with Gasteiger partial charge < -0.3 is 32.3 Å². The highest BCUT2D eigenvalue weighted by molar-refractivity contribution is 5.96. The summed E-state index contributed by atoms with van der Waals surface area (Å²) >= 11 is 0. The van der Waals surface area contributed by atoms with E-state index in [9.17, 15) is 9.59 Å². The van der Waals surface area contributed by atoms with Crippen molar-refractivity contribution in [3.8, 4) is 0 Å². The third kappa shape index (κ3) is 10.8. The number of amides is 1. The van der Waals surface area contributed by atoms with Crippen molar-refractivity contribution in [1.29, 1.82) is 0 Å². The van der Waals surface area contributed by atoms with Gasteiger partial charge in [0.05, 0.1) is 17.6 Å². The molecule has 1 amide bonds. The predicted molar refractivity (Wildman–Crippen MR) is 112 cm³/mol. The van der Waals surface area contributed by atoms with Crippen LogP contribution in [-0.4, -0.2) is 76.6 Å². The summed E-state index contributed by atoms with van der Waals surface area (Å²) in [5.74, 6) is -0.131. The van der Waals surface area contributed by atoms with Crippen molar-refractivity contribution in [2.24, 2.45) is 5.73 Å². The minimum Gasteiger partial charge on any atom is -0.345 e. The Bertz CT molecular complexity index is 417. The number of hydrogen-bond acceptors (Lipinski definition) is 7. The zero-order valence-corrected chi connectivity index (χ0v) is 17.9. The second-order valence-corrected chi connectivity index (χ2v) is 7.45. The van der Waals surface area contributed by atoms with Gasteiger partial charge in [-0.1, -0.05) is 6.42 Å². The number of carbonyl (C=O) groups is 2. The first-order chi connectivity index (χ1) is 12.8. The second kappa shape index (κ2) is 14.9. The van der Waals surface area contributed by atoms with Crippen LogP contribution in [0.2, 0.25) is 0 Å². The van der Waals surface area contributed by atoms with E-state index < -0.39 is 11.6 Å². The van der Waals surface area contributed by atoms with Crippen molar-refractivity contribution in [2.45, 2.75) is 63.6 Å². The molecule has 160 valence electrons. The van der Waals surface area contributed by atoms with Crippen LogP contribution in [0, 0.1) is 0 Å². The van der Waals surface area contributed by atoms with Crippen molar-refractivity contribution >= 4 is 11.7 Å². The molecule has 0 radical (unpaired) electrons. The Kier molecular flexibility index (Phi) is 14.3. The number of hydrogen-bond donors (Lipinski definition) is 6. The van der Waals surface area contributed by atoms with Crippen LogP contribution in [0.1, 0.15) is 46.0 Å². The van der Waals surface area contributed by atoms with E-state index in [1.807, 2.05) is 27.9 Å². The molecule has 0 saturated heterocycles. The van der Waals surface area contributed by atoms with E-state index in [1.165, 1.54) is 0 Å². The van der Waals surface area contributed by atoms with Crippen molar-refractivity contribution in [1.82, 2.24) is 26.6 Å². The summed E-state index contributed by atoms with van der Waals surface area (Å²) in [6, 6.07) is -0.832. The molecule has 0 aromatic heterocycles. The highest BCUT2D eigenvalue weighted by atomic mass is 16.2. The lowest BCUT2D eigenvalue weighted by molar-refractivity contribution is -0.132. The third-order valence-electron chi connectivity index (χ3n) is 4.72. The van der Waals surface area contributed by atoms with Gasteiger partial charge in [0.2, 0.25) is 5.91 Å². The molecule has 1 unspecified atom stereocenters. The topological polar surface area (TPSA) is 120 Å². The molecule has 0 bridgehead atoms. The molecule has 0 aliphatic heterocycles. The van der Waals surface area contributed by atoms with E-state index in [1.54, 1.807) is 7.05 Å². The number of Topliss-reactive ketones (excluding diaryl/α,β-unsaturated/α-hetero) is 1. The number of unbranched alkanes of at least 4 members (excludes halogenated alkanes) is 1. The van der Waals surface area contributed by atoms with E-state index in [4.69, 9.17) is 5.73 Å². The fourth-order valence-electron chi connectivity index (χ4n) is 2.94. The Labute approximate surface area is 165 Å². The summed E-state index contributed by atoms with van der Waals surface area (Å²) in [4.78, 5) is 25.7. The van der Waals surface area contributed by atoms with Crippen LogP contribution < -0.4 is 32.3 Å². The van der Waals surface area contributed by atoms with Gasteiger partial charge in [-0.05, 0) is 73.8 Å². The van der Waals surface area contributed by atoms with Crippen LogP contribution in [0.15, 0.2) is 0 Å². The van der Waals surface area contributed by atoms with Gasteiger partial charge in [0.1, 0.15) is 0 Å². The molecule has 0 aromatic carbocycles. The van der Waals surface area contributed by atoms with Crippen molar-refractivity contribution in [2.75, 3.05) is 47.3 Å². The summed E-state index contributed by atoms with van der Waals surface area (Å²) in [5.41, 5.74) is 4.91. The van der Waals surface area contributed by atoms with Gasteiger partial charge in [0.25, 0.3) is 0 Å². The maximum Gasteiger partial charge on any atom is 0.237 e. The summed E-state index contributed by atoms with van der Waals surface area (Å²) < 4.78 is 0. The van der Waals surface area contributed by atoms with Gasteiger partial charge in [-0.3, -0.25) is 9.59 Å². The molecule has 27 heavy (non-hydrogen) atoms. The highest BCUT2D eigenvalue weighted by Crippen LogP contribution is 2.12. The molecule has 0 aliphatic carbocycles. The van der Waals surface area contributed by atoms with Crippen LogP contribution >= 0.6 is 0 Å². The molecular weight excluding hydrogens is 344 g/mol. The monoisotopic (exact) mass is 386 g/mol. The van der Waals surface area contributed by atoms with Crippen molar-refractivity contribution < 1.29 is 9.59 Å². The standard InChI is InChI=1S/C19H42N6O2/c1-19(2,24-14-13-22-4)17(26)15(10-8-11-20)25-18(27)16(23-5)9-6-7-12-21-3/h15-16,21-24H,6-14,20H2,1-5H3,(H,25,27)/t15?,16-/m0/s1. The predicted octanol–water partition coefficient (Wildman–Crippen LogP) is -0.655. The number of nitrogens with one attached hydrogen (secondary N) is 5. The summed E-state index contributed by atoms with van der Waals surface area (Å²) in [6.07, 6.45) is 3.94. The lowest BCUT2D eigenvalue weighted by Gasteiger charge is -2.31.